The predicted octanol–water partition coefficient (Wildman–Crippen LogP) is 5.35. The van der Waals surface area contributed by atoms with Gasteiger partial charge in [0, 0.05) is 5.56 Å². The minimum Gasteiger partial charge on any atom is -0.456 e. The van der Waals surface area contributed by atoms with Crippen molar-refractivity contribution in [1.82, 2.24) is 0 Å². The molecule has 1 heterocycles. The molecular weight excluding hydrogens is 263 g/mol. The SMILES string of the molecule is ClP1OC(c2ccccc2)=CC1c1ccccc1. The molecule has 1 aliphatic heterocycles. The van der Waals surface area contributed by atoms with Crippen LogP contribution >= 0.6 is 18.7 Å². The van der Waals surface area contributed by atoms with E-state index < -0.39 is 7.50 Å². The van der Waals surface area contributed by atoms with Crippen LogP contribution in [0.15, 0.2) is 66.7 Å². The largest absolute Gasteiger partial charge is 0.456 e. The summed E-state index contributed by atoms with van der Waals surface area (Å²) in [5.74, 6) is 0.894. The molecule has 0 amide bonds. The standard InChI is InChI=1S/C15H12ClOP/c16-18-15(13-9-5-2-6-10-13)11-14(17-18)12-7-3-1-4-8-12/h1-11,15H. The fraction of sp³-hybridized carbons (Fsp3) is 0.0667. The van der Waals surface area contributed by atoms with E-state index in [0.29, 0.717) is 0 Å². The molecule has 0 N–H and O–H groups in total. The van der Waals surface area contributed by atoms with Crippen LogP contribution in [0.3, 0.4) is 0 Å². The lowest BCUT2D eigenvalue weighted by atomic mass is 10.1. The van der Waals surface area contributed by atoms with Crippen molar-refractivity contribution in [2.45, 2.75) is 5.66 Å². The fourth-order valence-corrected chi connectivity index (χ4v) is 3.86. The summed E-state index contributed by atoms with van der Waals surface area (Å²) >= 11 is 6.35. The van der Waals surface area contributed by atoms with Gasteiger partial charge >= 0.3 is 0 Å². The Morgan fingerprint density at radius 1 is 0.889 bits per heavy atom. The summed E-state index contributed by atoms with van der Waals surface area (Å²) in [6, 6.07) is 20.4. The van der Waals surface area contributed by atoms with E-state index in [0.717, 1.165) is 11.3 Å². The molecule has 0 fully saturated rings. The lowest BCUT2D eigenvalue weighted by Gasteiger charge is -2.11. The maximum absolute atomic E-state index is 6.35. The highest BCUT2D eigenvalue weighted by atomic mass is 35.7. The van der Waals surface area contributed by atoms with E-state index in [1.807, 2.05) is 48.5 Å². The lowest BCUT2D eigenvalue weighted by molar-refractivity contribution is 0.595. The Bertz CT molecular complexity index is 553. The molecular formula is C15H12ClOP. The zero-order valence-corrected chi connectivity index (χ0v) is 11.3. The van der Waals surface area contributed by atoms with E-state index in [-0.39, 0.29) is 5.66 Å². The Balaban J connectivity index is 1.92. The minimum absolute atomic E-state index is 0.179. The molecule has 2 atom stereocenters. The molecule has 0 spiro atoms. The van der Waals surface area contributed by atoms with Gasteiger partial charge in [-0.3, -0.25) is 0 Å². The molecule has 0 radical (unpaired) electrons. The van der Waals surface area contributed by atoms with Crippen LogP contribution in [0.1, 0.15) is 16.8 Å². The van der Waals surface area contributed by atoms with Gasteiger partial charge < -0.3 is 4.52 Å². The highest BCUT2D eigenvalue weighted by Crippen LogP contribution is 2.64. The molecule has 0 aliphatic carbocycles. The van der Waals surface area contributed by atoms with Crippen molar-refractivity contribution in [3.8, 4) is 0 Å². The van der Waals surface area contributed by atoms with Gasteiger partial charge in [0.2, 0.25) is 0 Å². The molecule has 1 nitrogen and oxygen atoms in total. The predicted molar refractivity (Wildman–Crippen MR) is 77.5 cm³/mol. The summed E-state index contributed by atoms with van der Waals surface area (Å²) in [6.07, 6.45) is 2.13. The van der Waals surface area contributed by atoms with Gasteiger partial charge in [-0.15, -0.1) is 0 Å². The molecule has 18 heavy (non-hydrogen) atoms. The number of allylic oxidation sites excluding steroid dienone is 1. The van der Waals surface area contributed by atoms with Crippen LogP contribution < -0.4 is 0 Å². The van der Waals surface area contributed by atoms with Crippen molar-refractivity contribution >= 4 is 24.5 Å². The number of benzene rings is 2. The van der Waals surface area contributed by atoms with Crippen LogP contribution in [0.5, 0.6) is 0 Å². The Kier molecular flexibility index (Phi) is 3.36. The smallest absolute Gasteiger partial charge is 0.194 e. The van der Waals surface area contributed by atoms with Crippen molar-refractivity contribution < 1.29 is 4.52 Å². The lowest BCUT2D eigenvalue weighted by Crippen LogP contribution is -1.85. The van der Waals surface area contributed by atoms with Crippen LogP contribution in [-0.2, 0) is 4.52 Å². The van der Waals surface area contributed by atoms with Crippen LogP contribution in [0.25, 0.3) is 5.76 Å². The van der Waals surface area contributed by atoms with Gasteiger partial charge in [0.15, 0.2) is 7.50 Å². The number of halogens is 1. The van der Waals surface area contributed by atoms with Gasteiger partial charge in [-0.2, -0.15) is 0 Å². The second-order valence-electron chi connectivity index (χ2n) is 4.12. The van der Waals surface area contributed by atoms with Crippen molar-refractivity contribution in [3.63, 3.8) is 0 Å². The third-order valence-electron chi connectivity index (χ3n) is 2.91. The van der Waals surface area contributed by atoms with E-state index in [9.17, 15) is 0 Å². The summed E-state index contributed by atoms with van der Waals surface area (Å²) in [5, 5.41) is 0. The fourth-order valence-electron chi connectivity index (χ4n) is 2.00. The molecule has 0 saturated heterocycles. The van der Waals surface area contributed by atoms with Gasteiger partial charge in [0.1, 0.15) is 5.76 Å². The quantitative estimate of drug-likeness (QED) is 0.671. The normalized spacial score (nSPS) is 22.4. The minimum atomic E-state index is -0.988. The molecule has 1 aliphatic rings. The topological polar surface area (TPSA) is 9.23 Å². The van der Waals surface area contributed by atoms with Crippen LogP contribution in [0, 0.1) is 0 Å². The van der Waals surface area contributed by atoms with E-state index in [2.05, 4.69) is 18.2 Å². The second kappa shape index (κ2) is 5.14. The highest BCUT2D eigenvalue weighted by molar-refractivity contribution is 7.80. The Hall–Kier alpha value is -1.30. The van der Waals surface area contributed by atoms with Gasteiger partial charge in [-0.05, 0) is 22.9 Å². The van der Waals surface area contributed by atoms with E-state index in [1.54, 1.807) is 0 Å². The zero-order valence-electron chi connectivity index (χ0n) is 9.66. The average Bonchev–Trinajstić information content (AvgIpc) is 2.83. The molecule has 90 valence electrons. The summed E-state index contributed by atoms with van der Waals surface area (Å²) < 4.78 is 5.81. The first-order valence-corrected chi connectivity index (χ1v) is 8.03. The monoisotopic (exact) mass is 274 g/mol. The van der Waals surface area contributed by atoms with Crippen LogP contribution in [0.4, 0.5) is 0 Å². The summed E-state index contributed by atoms with van der Waals surface area (Å²) in [7, 11) is -0.988. The van der Waals surface area contributed by atoms with E-state index >= 15 is 0 Å². The number of rotatable bonds is 2. The first-order chi connectivity index (χ1) is 8.84. The summed E-state index contributed by atoms with van der Waals surface area (Å²) in [6.45, 7) is 0. The van der Waals surface area contributed by atoms with Crippen molar-refractivity contribution in [3.05, 3.63) is 77.9 Å². The second-order valence-corrected chi connectivity index (χ2v) is 6.40. The Morgan fingerprint density at radius 3 is 2.17 bits per heavy atom. The maximum Gasteiger partial charge on any atom is 0.194 e. The molecule has 2 aromatic carbocycles. The first kappa shape index (κ1) is 11.8. The molecule has 0 bridgehead atoms. The molecule has 0 aromatic heterocycles. The molecule has 3 rings (SSSR count). The van der Waals surface area contributed by atoms with Gasteiger partial charge in [0.25, 0.3) is 0 Å². The first-order valence-electron chi connectivity index (χ1n) is 5.80. The summed E-state index contributed by atoms with van der Waals surface area (Å²) in [4.78, 5) is 0. The third-order valence-corrected chi connectivity index (χ3v) is 5.01. The Morgan fingerprint density at radius 2 is 1.50 bits per heavy atom. The van der Waals surface area contributed by atoms with E-state index in [1.165, 1.54) is 5.56 Å². The van der Waals surface area contributed by atoms with Crippen LogP contribution in [-0.4, -0.2) is 0 Å². The highest BCUT2D eigenvalue weighted by Gasteiger charge is 2.30. The average molecular weight is 275 g/mol. The van der Waals surface area contributed by atoms with Crippen molar-refractivity contribution in [2.75, 3.05) is 0 Å². The zero-order chi connectivity index (χ0) is 12.4. The number of hydrogen-bond acceptors (Lipinski definition) is 1. The molecule has 2 aromatic rings. The number of hydrogen-bond donors (Lipinski definition) is 0. The van der Waals surface area contributed by atoms with Gasteiger partial charge in [-0.25, -0.2) is 0 Å². The summed E-state index contributed by atoms with van der Waals surface area (Å²) in [5.41, 5.74) is 2.48. The maximum atomic E-state index is 6.35. The third kappa shape index (κ3) is 2.29. The molecule has 2 unspecified atom stereocenters. The van der Waals surface area contributed by atoms with E-state index in [4.69, 9.17) is 15.8 Å². The molecule has 0 saturated carbocycles. The molecule has 3 heteroatoms. The van der Waals surface area contributed by atoms with Gasteiger partial charge in [-0.1, -0.05) is 60.7 Å². The van der Waals surface area contributed by atoms with Gasteiger partial charge in [0.05, 0.1) is 5.66 Å². The van der Waals surface area contributed by atoms with Crippen LogP contribution in [0.2, 0.25) is 0 Å². The Labute approximate surface area is 113 Å². The van der Waals surface area contributed by atoms with Crippen molar-refractivity contribution in [2.24, 2.45) is 0 Å². The van der Waals surface area contributed by atoms with Crippen molar-refractivity contribution in [1.29, 1.82) is 0 Å².